The van der Waals surface area contributed by atoms with Crippen molar-refractivity contribution in [3.05, 3.63) is 70.3 Å². The van der Waals surface area contributed by atoms with Gasteiger partial charge in [-0.3, -0.25) is 15.0 Å². The van der Waals surface area contributed by atoms with E-state index in [2.05, 4.69) is 27.7 Å². The Kier molecular flexibility index (Phi) is 6.57. The normalized spacial score (nSPS) is 16.8. The van der Waals surface area contributed by atoms with Crippen LogP contribution in [0.1, 0.15) is 18.5 Å². The quantitative estimate of drug-likeness (QED) is 0.589. The minimum absolute atomic E-state index is 0.0178. The van der Waals surface area contributed by atoms with Crippen molar-refractivity contribution in [3.63, 3.8) is 0 Å². The molecule has 0 bridgehead atoms. The van der Waals surface area contributed by atoms with Crippen LogP contribution in [0.2, 0.25) is 0 Å². The fourth-order valence-electron chi connectivity index (χ4n) is 3.44. The summed E-state index contributed by atoms with van der Waals surface area (Å²) in [5, 5.41) is 16.5. The van der Waals surface area contributed by atoms with Gasteiger partial charge in [0.15, 0.2) is 0 Å². The van der Waals surface area contributed by atoms with E-state index >= 15 is 0 Å². The number of hydrogen-bond donors (Lipinski definition) is 2. The fraction of sp³-hybridized carbons (Fsp3) is 0.350. The van der Waals surface area contributed by atoms with Gasteiger partial charge in [0, 0.05) is 37.0 Å². The maximum Gasteiger partial charge on any atom is 0.319 e. The molecule has 0 unspecified atom stereocenters. The molecule has 2 aromatic rings. The number of carbonyl (C=O) groups is 1. The number of nitrogens with zero attached hydrogens (tertiary/aromatic N) is 2. The van der Waals surface area contributed by atoms with Crippen LogP contribution in [-0.2, 0) is 4.74 Å². The van der Waals surface area contributed by atoms with Crippen LogP contribution in [0, 0.1) is 10.1 Å². The zero-order valence-electron chi connectivity index (χ0n) is 15.7. The van der Waals surface area contributed by atoms with E-state index < -0.39 is 4.92 Å². The van der Waals surface area contributed by atoms with Gasteiger partial charge in [0.25, 0.3) is 5.69 Å². The van der Waals surface area contributed by atoms with Gasteiger partial charge in [-0.15, -0.1) is 0 Å². The van der Waals surface area contributed by atoms with Gasteiger partial charge in [0.1, 0.15) is 0 Å². The third-order valence-electron chi connectivity index (χ3n) is 4.75. The Bertz CT molecular complexity index is 792. The van der Waals surface area contributed by atoms with Crippen molar-refractivity contribution in [3.8, 4) is 0 Å². The molecule has 3 rings (SSSR count). The zero-order chi connectivity index (χ0) is 19.9. The number of nitro benzene ring substituents is 1. The van der Waals surface area contributed by atoms with Crippen molar-refractivity contribution < 1.29 is 14.5 Å². The third-order valence-corrected chi connectivity index (χ3v) is 4.75. The number of nitrogens with one attached hydrogen (secondary N) is 2. The zero-order valence-corrected chi connectivity index (χ0v) is 15.7. The number of amides is 2. The molecule has 148 valence electrons. The molecule has 1 saturated heterocycles. The minimum Gasteiger partial charge on any atom is -0.379 e. The highest BCUT2D eigenvalue weighted by atomic mass is 16.6. The summed E-state index contributed by atoms with van der Waals surface area (Å²) in [5.41, 5.74) is 1.61. The lowest BCUT2D eigenvalue weighted by molar-refractivity contribution is -0.384. The fourth-order valence-corrected chi connectivity index (χ4v) is 3.44. The second-order valence-corrected chi connectivity index (χ2v) is 6.69. The molecule has 0 saturated carbocycles. The Labute approximate surface area is 163 Å². The second kappa shape index (κ2) is 9.29. The lowest BCUT2D eigenvalue weighted by Crippen LogP contribution is -2.49. The lowest BCUT2D eigenvalue weighted by atomic mass is 9.98. The molecule has 2 amide bonds. The van der Waals surface area contributed by atoms with Crippen molar-refractivity contribution in [1.29, 1.82) is 0 Å². The van der Waals surface area contributed by atoms with Crippen molar-refractivity contribution in [2.24, 2.45) is 0 Å². The van der Waals surface area contributed by atoms with Crippen molar-refractivity contribution in [1.82, 2.24) is 10.2 Å². The first kappa shape index (κ1) is 19.8. The standard InChI is InChI=1S/C20H24N4O4/c1-15(21-20(25)22-17-7-9-18(10-8-17)24(26)27)19(16-5-3-2-4-6-16)23-11-13-28-14-12-23/h2-10,15,19H,11-14H2,1H3,(H2,21,22,25)/t15-,19+/m0/s1. The summed E-state index contributed by atoms with van der Waals surface area (Å²) in [7, 11) is 0. The van der Waals surface area contributed by atoms with Gasteiger partial charge in [0.05, 0.1) is 24.2 Å². The maximum absolute atomic E-state index is 12.5. The first-order chi connectivity index (χ1) is 13.5. The maximum atomic E-state index is 12.5. The van der Waals surface area contributed by atoms with Gasteiger partial charge in [-0.05, 0) is 24.6 Å². The highest BCUT2D eigenvalue weighted by molar-refractivity contribution is 5.89. The second-order valence-electron chi connectivity index (χ2n) is 6.69. The van der Waals surface area contributed by atoms with E-state index in [9.17, 15) is 14.9 Å². The molecular formula is C20H24N4O4. The highest BCUT2D eigenvalue weighted by Crippen LogP contribution is 2.25. The topological polar surface area (TPSA) is 96.7 Å². The number of rotatable bonds is 6. The number of hydrogen-bond acceptors (Lipinski definition) is 5. The Morgan fingerprint density at radius 1 is 1.11 bits per heavy atom. The molecule has 2 N–H and O–H groups in total. The molecule has 8 nitrogen and oxygen atoms in total. The van der Waals surface area contributed by atoms with E-state index in [1.165, 1.54) is 24.3 Å². The van der Waals surface area contributed by atoms with Crippen LogP contribution in [0.15, 0.2) is 54.6 Å². The van der Waals surface area contributed by atoms with Crippen LogP contribution >= 0.6 is 0 Å². The van der Waals surface area contributed by atoms with E-state index in [4.69, 9.17) is 4.74 Å². The Hall–Kier alpha value is -2.97. The highest BCUT2D eigenvalue weighted by Gasteiger charge is 2.28. The number of ether oxygens (including phenoxy) is 1. The SMILES string of the molecule is C[C@H](NC(=O)Nc1ccc([N+](=O)[O-])cc1)[C@H](c1ccccc1)N1CCOCC1. The van der Waals surface area contributed by atoms with Gasteiger partial charge >= 0.3 is 6.03 Å². The molecule has 1 fully saturated rings. The number of anilines is 1. The number of morpholine rings is 1. The van der Waals surface area contributed by atoms with E-state index in [0.717, 1.165) is 18.7 Å². The van der Waals surface area contributed by atoms with Gasteiger partial charge in [-0.1, -0.05) is 30.3 Å². The monoisotopic (exact) mass is 384 g/mol. The summed E-state index contributed by atoms with van der Waals surface area (Å²) in [6.07, 6.45) is 0. The summed E-state index contributed by atoms with van der Waals surface area (Å²) >= 11 is 0. The van der Waals surface area contributed by atoms with Crippen LogP contribution in [0.3, 0.4) is 0 Å². The van der Waals surface area contributed by atoms with Crippen LogP contribution in [-0.4, -0.2) is 48.2 Å². The van der Waals surface area contributed by atoms with Gasteiger partial charge in [0.2, 0.25) is 0 Å². The van der Waals surface area contributed by atoms with Gasteiger partial charge in [-0.25, -0.2) is 4.79 Å². The molecule has 2 atom stereocenters. The summed E-state index contributed by atoms with van der Waals surface area (Å²) in [6, 6.07) is 15.3. The summed E-state index contributed by atoms with van der Waals surface area (Å²) < 4.78 is 5.46. The van der Waals surface area contributed by atoms with E-state index in [1.54, 1.807) is 0 Å². The molecule has 0 aromatic heterocycles. The van der Waals surface area contributed by atoms with E-state index in [0.29, 0.717) is 18.9 Å². The van der Waals surface area contributed by atoms with Crippen LogP contribution < -0.4 is 10.6 Å². The molecule has 2 aromatic carbocycles. The average Bonchev–Trinajstić information content (AvgIpc) is 2.70. The van der Waals surface area contributed by atoms with Gasteiger partial charge < -0.3 is 15.4 Å². The van der Waals surface area contributed by atoms with E-state index in [-0.39, 0.29) is 23.8 Å². The molecular weight excluding hydrogens is 360 g/mol. The number of benzene rings is 2. The molecule has 0 spiro atoms. The number of non-ortho nitro benzene ring substituents is 1. The van der Waals surface area contributed by atoms with Crippen molar-refractivity contribution in [2.45, 2.75) is 19.0 Å². The van der Waals surface area contributed by atoms with Crippen molar-refractivity contribution in [2.75, 3.05) is 31.6 Å². The molecule has 28 heavy (non-hydrogen) atoms. The molecule has 1 aliphatic heterocycles. The summed E-state index contributed by atoms with van der Waals surface area (Å²) in [5.74, 6) is 0. The Morgan fingerprint density at radius 2 is 1.75 bits per heavy atom. The van der Waals surface area contributed by atoms with Gasteiger partial charge in [-0.2, -0.15) is 0 Å². The number of carbonyl (C=O) groups excluding carboxylic acids is 1. The molecule has 0 radical (unpaired) electrons. The summed E-state index contributed by atoms with van der Waals surface area (Å²) in [4.78, 5) is 25.0. The van der Waals surface area contributed by atoms with E-state index in [1.807, 2.05) is 25.1 Å². The lowest BCUT2D eigenvalue weighted by Gasteiger charge is -2.38. The molecule has 0 aliphatic carbocycles. The third kappa shape index (κ3) is 5.05. The first-order valence-corrected chi connectivity index (χ1v) is 9.23. The Balaban J connectivity index is 1.67. The van der Waals surface area contributed by atoms with Crippen molar-refractivity contribution >= 4 is 17.4 Å². The van der Waals surface area contributed by atoms with Crippen LogP contribution in [0.25, 0.3) is 0 Å². The number of urea groups is 1. The number of nitro groups is 1. The van der Waals surface area contributed by atoms with Crippen LogP contribution in [0.4, 0.5) is 16.2 Å². The molecule has 1 aliphatic rings. The molecule has 1 heterocycles. The Morgan fingerprint density at radius 3 is 2.36 bits per heavy atom. The summed E-state index contributed by atoms with van der Waals surface area (Å²) in [6.45, 7) is 4.92. The smallest absolute Gasteiger partial charge is 0.319 e. The molecule has 8 heteroatoms. The predicted molar refractivity (Wildman–Crippen MR) is 106 cm³/mol. The minimum atomic E-state index is -0.473. The predicted octanol–water partition coefficient (Wildman–Crippen LogP) is 3.18. The average molecular weight is 384 g/mol. The first-order valence-electron chi connectivity index (χ1n) is 9.23. The van der Waals surface area contributed by atoms with Crippen LogP contribution in [0.5, 0.6) is 0 Å². The largest absolute Gasteiger partial charge is 0.379 e.